The van der Waals surface area contributed by atoms with Crippen LogP contribution in [0.15, 0.2) is 15.3 Å². The number of amides is 1. The summed E-state index contributed by atoms with van der Waals surface area (Å²) < 4.78 is 1.86. The Bertz CT molecular complexity index is 1160. The molecule has 0 fully saturated rings. The standard InChI is InChI=1S/C22H28N4O2S3/c1-13(2)10-26-21(28)19-15-7-5-6-8-16(15)31-20(19)24-22(26)30-12-14-11-29-17(23-14)9-18(27)25(3)4/h11,13H,5-10,12H2,1-4H3. The minimum absolute atomic E-state index is 0.0492. The van der Waals surface area contributed by atoms with E-state index in [0.29, 0.717) is 24.6 Å². The van der Waals surface area contributed by atoms with Crippen LogP contribution in [0.3, 0.4) is 0 Å². The number of thioether (sulfide) groups is 1. The van der Waals surface area contributed by atoms with Gasteiger partial charge in [-0.2, -0.15) is 0 Å². The number of rotatable bonds is 7. The fourth-order valence-corrected chi connectivity index (χ4v) is 6.87. The summed E-state index contributed by atoms with van der Waals surface area (Å²) in [5.74, 6) is 1.04. The van der Waals surface area contributed by atoms with E-state index in [1.54, 1.807) is 42.1 Å². The normalized spacial score (nSPS) is 13.7. The highest BCUT2D eigenvalue weighted by Crippen LogP contribution is 2.35. The molecule has 1 amide bonds. The Balaban J connectivity index is 1.62. The number of thiophene rings is 1. The Morgan fingerprint density at radius 2 is 2.03 bits per heavy atom. The number of hydrogen-bond donors (Lipinski definition) is 0. The number of fused-ring (bicyclic) bond motifs is 3. The molecule has 1 aliphatic carbocycles. The van der Waals surface area contributed by atoms with Crippen molar-refractivity contribution in [3.63, 3.8) is 0 Å². The van der Waals surface area contributed by atoms with Crippen LogP contribution < -0.4 is 5.56 Å². The molecule has 0 saturated carbocycles. The smallest absolute Gasteiger partial charge is 0.263 e. The third kappa shape index (κ3) is 4.88. The van der Waals surface area contributed by atoms with Gasteiger partial charge < -0.3 is 4.90 Å². The number of carbonyl (C=O) groups excluding carboxylic acids is 1. The molecule has 0 aliphatic heterocycles. The number of aryl methyl sites for hydroxylation is 2. The van der Waals surface area contributed by atoms with Gasteiger partial charge >= 0.3 is 0 Å². The third-order valence-corrected chi connectivity index (χ3v) is 8.43. The lowest BCUT2D eigenvalue weighted by Crippen LogP contribution is -2.25. The second kappa shape index (κ2) is 9.42. The maximum absolute atomic E-state index is 13.5. The van der Waals surface area contributed by atoms with Crippen LogP contribution in [-0.4, -0.2) is 39.4 Å². The van der Waals surface area contributed by atoms with E-state index in [9.17, 15) is 9.59 Å². The first-order chi connectivity index (χ1) is 14.8. The fraction of sp³-hybridized carbons (Fsp3) is 0.545. The van der Waals surface area contributed by atoms with Gasteiger partial charge in [0.2, 0.25) is 5.91 Å². The zero-order valence-corrected chi connectivity index (χ0v) is 20.9. The summed E-state index contributed by atoms with van der Waals surface area (Å²) in [5, 5.41) is 4.44. The van der Waals surface area contributed by atoms with E-state index in [1.165, 1.54) is 28.2 Å². The molecule has 9 heteroatoms. The van der Waals surface area contributed by atoms with Gasteiger partial charge in [-0.15, -0.1) is 22.7 Å². The molecule has 31 heavy (non-hydrogen) atoms. The van der Waals surface area contributed by atoms with E-state index in [-0.39, 0.29) is 11.5 Å². The molecule has 0 unspecified atom stereocenters. The molecule has 3 heterocycles. The van der Waals surface area contributed by atoms with Gasteiger partial charge in [0, 0.05) is 36.7 Å². The molecular weight excluding hydrogens is 448 g/mol. The largest absolute Gasteiger partial charge is 0.348 e. The summed E-state index contributed by atoms with van der Waals surface area (Å²) in [5.41, 5.74) is 2.27. The molecule has 4 rings (SSSR count). The topological polar surface area (TPSA) is 68.1 Å². The highest BCUT2D eigenvalue weighted by atomic mass is 32.2. The average Bonchev–Trinajstić information content (AvgIpc) is 3.32. The molecule has 0 atom stereocenters. The molecule has 0 N–H and O–H groups in total. The van der Waals surface area contributed by atoms with Crippen molar-refractivity contribution in [2.75, 3.05) is 14.1 Å². The first-order valence-corrected chi connectivity index (χ1v) is 13.3. The van der Waals surface area contributed by atoms with Gasteiger partial charge in [-0.3, -0.25) is 14.2 Å². The SMILES string of the molecule is CC(C)Cn1c(SCc2csc(CC(=O)N(C)C)n2)nc2sc3c(c2c1=O)CCCC3. The predicted octanol–water partition coefficient (Wildman–Crippen LogP) is 4.37. The first-order valence-electron chi connectivity index (χ1n) is 10.6. The van der Waals surface area contributed by atoms with Gasteiger partial charge in [0.25, 0.3) is 5.56 Å². The van der Waals surface area contributed by atoms with Crippen LogP contribution in [0.2, 0.25) is 0 Å². The molecule has 0 bridgehead atoms. The summed E-state index contributed by atoms with van der Waals surface area (Å²) in [4.78, 5) is 38.8. The summed E-state index contributed by atoms with van der Waals surface area (Å²) >= 11 is 4.77. The van der Waals surface area contributed by atoms with Crippen LogP contribution in [0.1, 0.15) is 47.8 Å². The van der Waals surface area contributed by atoms with Crippen molar-refractivity contribution < 1.29 is 4.79 Å². The number of likely N-dealkylation sites (N-methyl/N-ethyl adjacent to an activating group) is 1. The van der Waals surface area contributed by atoms with Gasteiger partial charge in [-0.05, 0) is 37.2 Å². The van der Waals surface area contributed by atoms with Crippen molar-refractivity contribution in [1.29, 1.82) is 0 Å². The monoisotopic (exact) mass is 476 g/mol. The van der Waals surface area contributed by atoms with Gasteiger partial charge in [0.05, 0.1) is 17.5 Å². The van der Waals surface area contributed by atoms with Crippen LogP contribution in [0.25, 0.3) is 10.2 Å². The second-order valence-electron chi connectivity index (χ2n) is 8.58. The zero-order chi connectivity index (χ0) is 22.1. The number of aromatic nitrogens is 3. The summed E-state index contributed by atoms with van der Waals surface area (Å²) in [6.45, 7) is 4.92. The Morgan fingerprint density at radius 3 is 2.77 bits per heavy atom. The second-order valence-corrected chi connectivity index (χ2v) is 11.6. The lowest BCUT2D eigenvalue weighted by atomic mass is 9.97. The lowest BCUT2D eigenvalue weighted by molar-refractivity contribution is -0.127. The number of thiazole rings is 1. The van der Waals surface area contributed by atoms with E-state index in [1.807, 2.05) is 9.95 Å². The molecule has 0 aromatic carbocycles. The van der Waals surface area contributed by atoms with Crippen molar-refractivity contribution in [1.82, 2.24) is 19.4 Å². The summed E-state index contributed by atoms with van der Waals surface area (Å²) in [6, 6.07) is 0. The molecular formula is C22H28N4O2S3. The van der Waals surface area contributed by atoms with Crippen LogP contribution in [0.5, 0.6) is 0 Å². The molecule has 1 aliphatic rings. The van der Waals surface area contributed by atoms with E-state index < -0.39 is 0 Å². The summed E-state index contributed by atoms with van der Waals surface area (Å²) in [6.07, 6.45) is 4.74. The Morgan fingerprint density at radius 1 is 1.26 bits per heavy atom. The van der Waals surface area contributed by atoms with Crippen molar-refractivity contribution in [2.24, 2.45) is 5.92 Å². The molecule has 6 nitrogen and oxygen atoms in total. The third-order valence-electron chi connectivity index (χ3n) is 5.34. The van der Waals surface area contributed by atoms with Gasteiger partial charge in [0.1, 0.15) is 9.84 Å². The Kier molecular flexibility index (Phi) is 6.83. The Hall–Kier alpha value is -1.71. The molecule has 0 spiro atoms. The van der Waals surface area contributed by atoms with E-state index in [2.05, 4.69) is 18.8 Å². The number of hydrogen-bond acceptors (Lipinski definition) is 7. The quantitative estimate of drug-likeness (QED) is 0.374. The highest BCUT2D eigenvalue weighted by molar-refractivity contribution is 7.98. The molecule has 0 radical (unpaired) electrons. The Labute approximate surface area is 194 Å². The minimum atomic E-state index is 0.0492. The molecule has 3 aromatic rings. The molecule has 0 saturated heterocycles. The van der Waals surface area contributed by atoms with Crippen molar-refractivity contribution >= 4 is 50.6 Å². The molecule has 166 valence electrons. The average molecular weight is 477 g/mol. The minimum Gasteiger partial charge on any atom is -0.348 e. The van der Waals surface area contributed by atoms with Gasteiger partial charge in [0.15, 0.2) is 5.16 Å². The zero-order valence-electron chi connectivity index (χ0n) is 18.4. The van der Waals surface area contributed by atoms with Crippen LogP contribution in [0.4, 0.5) is 0 Å². The number of carbonyl (C=O) groups is 1. The van der Waals surface area contributed by atoms with Gasteiger partial charge in [-0.25, -0.2) is 9.97 Å². The van der Waals surface area contributed by atoms with Crippen molar-refractivity contribution in [2.45, 2.75) is 63.4 Å². The predicted molar refractivity (Wildman–Crippen MR) is 129 cm³/mol. The maximum atomic E-state index is 13.5. The van der Waals surface area contributed by atoms with Crippen molar-refractivity contribution in [3.8, 4) is 0 Å². The highest BCUT2D eigenvalue weighted by Gasteiger charge is 2.22. The summed E-state index contributed by atoms with van der Waals surface area (Å²) in [7, 11) is 3.51. The van der Waals surface area contributed by atoms with E-state index >= 15 is 0 Å². The lowest BCUT2D eigenvalue weighted by Gasteiger charge is -2.14. The van der Waals surface area contributed by atoms with Crippen LogP contribution in [-0.2, 0) is 36.4 Å². The van der Waals surface area contributed by atoms with Crippen molar-refractivity contribution in [3.05, 3.63) is 36.9 Å². The van der Waals surface area contributed by atoms with Crippen LogP contribution >= 0.6 is 34.4 Å². The van der Waals surface area contributed by atoms with E-state index in [4.69, 9.17) is 4.98 Å². The first kappa shape index (κ1) is 22.5. The molecule has 3 aromatic heterocycles. The van der Waals surface area contributed by atoms with Gasteiger partial charge in [-0.1, -0.05) is 25.6 Å². The number of nitrogens with zero attached hydrogens (tertiary/aromatic N) is 4. The van der Waals surface area contributed by atoms with Crippen LogP contribution in [0, 0.1) is 5.92 Å². The van der Waals surface area contributed by atoms with E-state index in [0.717, 1.165) is 45.3 Å². The maximum Gasteiger partial charge on any atom is 0.263 e. The fourth-order valence-electron chi connectivity index (χ4n) is 3.78.